The van der Waals surface area contributed by atoms with Crippen LogP contribution >= 0.6 is 27.7 Å². The number of hydrogen-bond acceptors (Lipinski definition) is 4. The van der Waals surface area contributed by atoms with Crippen LogP contribution in [0.25, 0.3) is 10.9 Å². The van der Waals surface area contributed by atoms with Crippen molar-refractivity contribution in [1.82, 2.24) is 9.88 Å². The van der Waals surface area contributed by atoms with Crippen LogP contribution in [0.3, 0.4) is 0 Å². The van der Waals surface area contributed by atoms with Crippen LogP contribution in [0.2, 0.25) is 0 Å². The van der Waals surface area contributed by atoms with Crippen molar-refractivity contribution in [3.05, 3.63) is 34.9 Å². The van der Waals surface area contributed by atoms with E-state index in [9.17, 15) is 9.59 Å². The van der Waals surface area contributed by atoms with Crippen LogP contribution in [0, 0.1) is 0 Å². The molecule has 23 heavy (non-hydrogen) atoms. The molecule has 0 bridgehead atoms. The van der Waals surface area contributed by atoms with Gasteiger partial charge in [0.2, 0.25) is 5.91 Å². The smallest absolute Gasteiger partial charge is 0.328 e. The average Bonchev–Trinajstić information content (AvgIpc) is 2.92. The molecule has 5 nitrogen and oxygen atoms in total. The molecule has 2 aromatic rings. The molecular weight excluding hydrogens is 380 g/mol. The van der Waals surface area contributed by atoms with E-state index in [1.807, 2.05) is 41.3 Å². The van der Waals surface area contributed by atoms with Crippen molar-refractivity contribution in [2.75, 3.05) is 19.1 Å². The third-order valence-corrected chi connectivity index (χ3v) is 4.62. The summed E-state index contributed by atoms with van der Waals surface area (Å²) >= 11 is 5.06. The Morgan fingerprint density at radius 2 is 2.17 bits per heavy atom. The topological polar surface area (TPSA) is 60.3 Å². The first kappa shape index (κ1) is 17.9. The van der Waals surface area contributed by atoms with Crippen LogP contribution < -0.4 is 5.32 Å². The molecule has 0 unspecified atom stereocenters. The fourth-order valence-electron chi connectivity index (χ4n) is 2.33. The van der Waals surface area contributed by atoms with Crippen LogP contribution in [0.1, 0.15) is 6.42 Å². The number of esters is 1. The largest absolute Gasteiger partial charge is 0.467 e. The Balaban J connectivity index is 2.05. The highest BCUT2D eigenvalue weighted by Crippen LogP contribution is 2.20. The second-order valence-electron chi connectivity index (χ2n) is 5.07. The molecule has 0 spiro atoms. The summed E-state index contributed by atoms with van der Waals surface area (Å²) in [6.45, 7) is 0.165. The third-order valence-electron chi connectivity index (χ3n) is 3.48. The van der Waals surface area contributed by atoms with Crippen LogP contribution in [0.15, 0.2) is 34.9 Å². The number of halogens is 1. The Kier molecular flexibility index (Phi) is 6.53. The maximum Gasteiger partial charge on any atom is 0.328 e. The molecule has 0 aliphatic rings. The van der Waals surface area contributed by atoms with Crippen molar-refractivity contribution in [2.24, 2.45) is 0 Å². The highest BCUT2D eigenvalue weighted by molar-refractivity contribution is 9.10. The van der Waals surface area contributed by atoms with Crippen LogP contribution in [0.4, 0.5) is 0 Å². The Hall–Kier alpha value is -1.47. The zero-order chi connectivity index (χ0) is 16.8. The summed E-state index contributed by atoms with van der Waals surface area (Å²) in [4.78, 5) is 24.0. The first-order chi connectivity index (χ1) is 11.0. The highest BCUT2D eigenvalue weighted by atomic mass is 79.9. The number of aromatic nitrogens is 1. The molecule has 0 saturated heterocycles. The number of fused-ring (bicyclic) bond motifs is 1. The van der Waals surface area contributed by atoms with Crippen LogP contribution in [0.5, 0.6) is 0 Å². The summed E-state index contributed by atoms with van der Waals surface area (Å²) < 4.78 is 7.61. The average molecular weight is 399 g/mol. The lowest BCUT2D eigenvalue weighted by molar-refractivity contribution is -0.145. The standard InChI is InChI=1S/C16H19BrN2O3S/c1-22-16(21)13(6-8-23-2)18-15(20)10-19-7-5-11-9-12(17)3-4-14(11)19/h3-5,7,9,13H,6,8,10H2,1-2H3,(H,18,20)/t13-/m1/s1. The lowest BCUT2D eigenvalue weighted by Gasteiger charge is -2.16. The number of ether oxygens (including phenoxy) is 1. The number of hydrogen-bond donors (Lipinski definition) is 1. The van der Waals surface area contributed by atoms with E-state index in [1.54, 1.807) is 11.8 Å². The van der Waals surface area contributed by atoms with E-state index in [-0.39, 0.29) is 12.5 Å². The zero-order valence-corrected chi connectivity index (χ0v) is 15.4. The number of methoxy groups -OCH3 is 1. The van der Waals surface area contributed by atoms with Crippen molar-refractivity contribution in [3.8, 4) is 0 Å². The molecule has 1 N–H and O–H groups in total. The summed E-state index contributed by atoms with van der Waals surface area (Å²) in [5.41, 5.74) is 0.974. The van der Waals surface area contributed by atoms with Crippen molar-refractivity contribution >= 4 is 50.5 Å². The number of rotatable bonds is 7. The lowest BCUT2D eigenvalue weighted by atomic mass is 10.2. The van der Waals surface area contributed by atoms with Gasteiger partial charge < -0.3 is 14.6 Å². The maximum absolute atomic E-state index is 12.3. The molecule has 1 aromatic heterocycles. The van der Waals surface area contributed by atoms with E-state index in [0.29, 0.717) is 6.42 Å². The molecule has 0 aliphatic carbocycles. The molecule has 0 saturated carbocycles. The third kappa shape index (κ3) is 4.75. The SMILES string of the molecule is COC(=O)[C@@H](CCSC)NC(=O)Cn1ccc2cc(Br)ccc21. The summed E-state index contributed by atoms with van der Waals surface area (Å²) in [7, 11) is 1.33. The van der Waals surface area contributed by atoms with Gasteiger partial charge in [0.15, 0.2) is 0 Å². The van der Waals surface area contributed by atoms with Gasteiger partial charge in [0.05, 0.1) is 7.11 Å². The number of carbonyl (C=O) groups excluding carboxylic acids is 2. The molecule has 1 amide bonds. The molecule has 1 aromatic carbocycles. The number of carbonyl (C=O) groups is 2. The first-order valence-electron chi connectivity index (χ1n) is 7.15. The molecule has 2 rings (SSSR count). The Morgan fingerprint density at radius 1 is 1.39 bits per heavy atom. The first-order valence-corrected chi connectivity index (χ1v) is 9.34. The van der Waals surface area contributed by atoms with Crippen molar-refractivity contribution in [1.29, 1.82) is 0 Å². The number of benzene rings is 1. The minimum Gasteiger partial charge on any atom is -0.467 e. The van der Waals surface area contributed by atoms with Gasteiger partial charge in [-0.05, 0) is 42.7 Å². The lowest BCUT2D eigenvalue weighted by Crippen LogP contribution is -2.43. The molecule has 0 aliphatic heterocycles. The van der Waals surface area contributed by atoms with E-state index in [1.165, 1.54) is 7.11 Å². The maximum atomic E-state index is 12.3. The monoisotopic (exact) mass is 398 g/mol. The molecule has 0 radical (unpaired) electrons. The number of nitrogens with one attached hydrogen (secondary N) is 1. The Morgan fingerprint density at radius 3 is 2.87 bits per heavy atom. The van der Waals surface area contributed by atoms with Crippen molar-refractivity contribution in [2.45, 2.75) is 19.0 Å². The van der Waals surface area contributed by atoms with Gasteiger partial charge in [-0.15, -0.1) is 0 Å². The highest BCUT2D eigenvalue weighted by Gasteiger charge is 2.21. The summed E-state index contributed by atoms with van der Waals surface area (Å²) in [5.74, 6) is 0.163. The number of thioether (sulfide) groups is 1. The Bertz CT molecular complexity index is 702. The molecule has 0 fully saturated rings. The quantitative estimate of drug-likeness (QED) is 0.728. The fraction of sp³-hybridized carbons (Fsp3) is 0.375. The minimum absolute atomic E-state index is 0.165. The van der Waals surface area contributed by atoms with Crippen LogP contribution in [-0.4, -0.2) is 41.6 Å². The molecule has 1 atom stereocenters. The predicted octanol–water partition coefficient (Wildman–Crippen LogP) is 2.81. The van der Waals surface area contributed by atoms with E-state index in [4.69, 9.17) is 4.74 Å². The molecule has 1 heterocycles. The van der Waals surface area contributed by atoms with Gasteiger partial charge in [0.1, 0.15) is 12.6 Å². The van der Waals surface area contributed by atoms with Gasteiger partial charge in [-0.25, -0.2) is 4.79 Å². The van der Waals surface area contributed by atoms with Gasteiger partial charge in [-0.3, -0.25) is 4.79 Å². The summed E-state index contributed by atoms with van der Waals surface area (Å²) in [6, 6.07) is 7.25. The zero-order valence-electron chi connectivity index (χ0n) is 13.0. The van der Waals surface area contributed by atoms with E-state index in [0.717, 1.165) is 21.1 Å². The minimum atomic E-state index is -0.601. The van der Waals surface area contributed by atoms with Gasteiger partial charge in [-0.1, -0.05) is 15.9 Å². The predicted molar refractivity (Wildman–Crippen MR) is 96.6 cm³/mol. The van der Waals surface area contributed by atoms with Gasteiger partial charge in [0.25, 0.3) is 0 Å². The van der Waals surface area contributed by atoms with Crippen LogP contribution in [-0.2, 0) is 20.9 Å². The van der Waals surface area contributed by atoms with Crippen molar-refractivity contribution < 1.29 is 14.3 Å². The van der Waals surface area contributed by atoms with E-state index >= 15 is 0 Å². The molecular formula is C16H19BrN2O3S. The van der Waals surface area contributed by atoms with E-state index < -0.39 is 12.0 Å². The molecule has 124 valence electrons. The van der Waals surface area contributed by atoms with Gasteiger partial charge >= 0.3 is 5.97 Å². The fourth-order valence-corrected chi connectivity index (χ4v) is 3.18. The van der Waals surface area contributed by atoms with Crippen molar-refractivity contribution in [3.63, 3.8) is 0 Å². The van der Waals surface area contributed by atoms with Gasteiger partial charge in [-0.2, -0.15) is 11.8 Å². The summed E-state index contributed by atoms with van der Waals surface area (Å²) in [6.07, 6.45) is 4.38. The number of amides is 1. The second-order valence-corrected chi connectivity index (χ2v) is 6.97. The number of nitrogens with zero attached hydrogens (tertiary/aromatic N) is 1. The van der Waals surface area contributed by atoms with Gasteiger partial charge in [0, 0.05) is 21.6 Å². The second kappa shape index (κ2) is 8.40. The normalized spacial score (nSPS) is 12.1. The Labute approximate surface area is 147 Å². The molecule has 7 heteroatoms. The van der Waals surface area contributed by atoms with E-state index in [2.05, 4.69) is 21.2 Å². The summed E-state index contributed by atoms with van der Waals surface area (Å²) in [5, 5.41) is 3.81.